The number of nitrogens with zero attached hydrogens (tertiary/aromatic N) is 1. The summed E-state index contributed by atoms with van der Waals surface area (Å²) in [5.74, 6) is 6.46. The zero-order valence-corrected chi connectivity index (χ0v) is 10.5. The van der Waals surface area contributed by atoms with E-state index in [0.29, 0.717) is 5.92 Å². The molecule has 1 fully saturated rings. The molecule has 1 aromatic carbocycles. The lowest BCUT2D eigenvalue weighted by Crippen LogP contribution is -2.32. The van der Waals surface area contributed by atoms with E-state index < -0.39 is 0 Å². The molecule has 0 spiro atoms. The van der Waals surface area contributed by atoms with Gasteiger partial charge in [0, 0.05) is 17.6 Å². The predicted octanol–water partition coefficient (Wildman–Crippen LogP) is 2.93. The van der Waals surface area contributed by atoms with Crippen molar-refractivity contribution in [3.8, 4) is 0 Å². The third kappa shape index (κ3) is 2.00. The first-order valence-electron chi connectivity index (χ1n) is 6.70. The van der Waals surface area contributed by atoms with Gasteiger partial charge in [-0.3, -0.25) is 16.3 Å². The van der Waals surface area contributed by atoms with Crippen LogP contribution in [-0.2, 0) is 0 Å². The van der Waals surface area contributed by atoms with Crippen molar-refractivity contribution in [3.05, 3.63) is 42.1 Å². The standard InChI is InChI=1S/C15H19N3/c16-18-15(11-5-1-2-6-11)13-7-3-9-14-12(13)8-4-10-17-14/h3-4,7-11,15,18H,1-2,5-6,16H2. The lowest BCUT2D eigenvalue weighted by Gasteiger charge is -2.24. The Kier molecular flexibility index (Phi) is 3.26. The molecule has 0 saturated heterocycles. The molecule has 3 heteroatoms. The van der Waals surface area contributed by atoms with Crippen molar-refractivity contribution >= 4 is 10.9 Å². The summed E-state index contributed by atoms with van der Waals surface area (Å²) in [6.45, 7) is 0. The number of hydrogen-bond donors (Lipinski definition) is 2. The number of nitrogens with two attached hydrogens (primary N) is 1. The molecule has 0 aliphatic heterocycles. The Morgan fingerprint density at radius 2 is 2.00 bits per heavy atom. The van der Waals surface area contributed by atoms with Gasteiger partial charge in [-0.1, -0.05) is 31.0 Å². The van der Waals surface area contributed by atoms with Crippen molar-refractivity contribution in [3.63, 3.8) is 0 Å². The minimum atomic E-state index is 0.250. The second-order valence-electron chi connectivity index (χ2n) is 5.11. The fourth-order valence-corrected chi connectivity index (χ4v) is 3.17. The molecule has 3 nitrogen and oxygen atoms in total. The molecule has 1 saturated carbocycles. The van der Waals surface area contributed by atoms with E-state index in [0.717, 1.165) is 5.52 Å². The first kappa shape index (κ1) is 11.6. The molecule has 1 aliphatic carbocycles. The zero-order valence-electron chi connectivity index (χ0n) is 10.5. The Hall–Kier alpha value is -1.45. The molecule has 1 aromatic heterocycles. The number of hydrogen-bond acceptors (Lipinski definition) is 3. The zero-order chi connectivity index (χ0) is 12.4. The highest BCUT2D eigenvalue weighted by Crippen LogP contribution is 2.37. The highest BCUT2D eigenvalue weighted by molar-refractivity contribution is 5.82. The van der Waals surface area contributed by atoms with E-state index in [2.05, 4.69) is 34.7 Å². The van der Waals surface area contributed by atoms with Gasteiger partial charge in [0.2, 0.25) is 0 Å². The molecule has 0 bridgehead atoms. The van der Waals surface area contributed by atoms with Crippen molar-refractivity contribution in [2.24, 2.45) is 11.8 Å². The van der Waals surface area contributed by atoms with Crippen molar-refractivity contribution < 1.29 is 0 Å². The molecule has 18 heavy (non-hydrogen) atoms. The molecular weight excluding hydrogens is 222 g/mol. The van der Waals surface area contributed by atoms with E-state index in [9.17, 15) is 0 Å². The summed E-state index contributed by atoms with van der Waals surface area (Å²) < 4.78 is 0. The van der Waals surface area contributed by atoms with Gasteiger partial charge in [-0.25, -0.2) is 0 Å². The molecule has 0 radical (unpaired) electrons. The van der Waals surface area contributed by atoms with Crippen LogP contribution in [0.4, 0.5) is 0 Å². The first-order chi connectivity index (χ1) is 8.90. The van der Waals surface area contributed by atoms with E-state index in [-0.39, 0.29) is 6.04 Å². The SMILES string of the molecule is NNC(c1cccc2ncccc12)C1CCCC1. The average molecular weight is 241 g/mol. The van der Waals surface area contributed by atoms with Gasteiger partial charge in [0.1, 0.15) is 0 Å². The van der Waals surface area contributed by atoms with Gasteiger partial charge >= 0.3 is 0 Å². The van der Waals surface area contributed by atoms with Gasteiger partial charge in [-0.15, -0.1) is 0 Å². The van der Waals surface area contributed by atoms with Crippen LogP contribution in [-0.4, -0.2) is 4.98 Å². The first-order valence-corrected chi connectivity index (χ1v) is 6.70. The smallest absolute Gasteiger partial charge is 0.0705 e. The largest absolute Gasteiger partial charge is 0.271 e. The molecule has 1 aliphatic rings. The van der Waals surface area contributed by atoms with Gasteiger partial charge in [0.15, 0.2) is 0 Å². The van der Waals surface area contributed by atoms with Crippen LogP contribution >= 0.6 is 0 Å². The maximum absolute atomic E-state index is 5.81. The van der Waals surface area contributed by atoms with Crippen LogP contribution in [0.3, 0.4) is 0 Å². The van der Waals surface area contributed by atoms with Gasteiger partial charge < -0.3 is 0 Å². The molecule has 2 aromatic rings. The fourth-order valence-electron chi connectivity index (χ4n) is 3.17. The van der Waals surface area contributed by atoms with Gasteiger partial charge in [-0.2, -0.15) is 0 Å². The molecule has 3 rings (SSSR count). The number of pyridine rings is 1. The second-order valence-corrected chi connectivity index (χ2v) is 5.11. The Labute approximate surface area is 107 Å². The highest BCUT2D eigenvalue weighted by atomic mass is 15.2. The fraction of sp³-hybridized carbons (Fsp3) is 0.400. The minimum absolute atomic E-state index is 0.250. The van der Waals surface area contributed by atoms with Gasteiger partial charge in [-0.05, 0) is 36.5 Å². The molecule has 1 heterocycles. The van der Waals surface area contributed by atoms with Crippen LogP contribution < -0.4 is 11.3 Å². The summed E-state index contributed by atoms with van der Waals surface area (Å²) >= 11 is 0. The van der Waals surface area contributed by atoms with Crippen molar-refractivity contribution in [1.29, 1.82) is 0 Å². The maximum Gasteiger partial charge on any atom is 0.0705 e. The summed E-state index contributed by atoms with van der Waals surface area (Å²) in [6.07, 6.45) is 7.03. The summed E-state index contributed by atoms with van der Waals surface area (Å²) in [6, 6.07) is 10.7. The number of rotatable bonds is 3. The van der Waals surface area contributed by atoms with Crippen molar-refractivity contribution in [2.75, 3.05) is 0 Å². The summed E-state index contributed by atoms with van der Waals surface area (Å²) in [4.78, 5) is 4.42. The molecule has 0 amide bonds. The summed E-state index contributed by atoms with van der Waals surface area (Å²) in [5, 5.41) is 1.22. The Balaban J connectivity index is 2.06. The van der Waals surface area contributed by atoms with E-state index in [1.807, 2.05) is 12.3 Å². The third-order valence-electron chi connectivity index (χ3n) is 4.07. The monoisotopic (exact) mass is 241 g/mol. The quantitative estimate of drug-likeness (QED) is 0.641. The van der Waals surface area contributed by atoms with E-state index >= 15 is 0 Å². The molecule has 1 atom stereocenters. The minimum Gasteiger partial charge on any atom is -0.271 e. The lowest BCUT2D eigenvalue weighted by atomic mass is 9.90. The lowest BCUT2D eigenvalue weighted by molar-refractivity contribution is 0.375. The van der Waals surface area contributed by atoms with E-state index in [1.165, 1.54) is 36.6 Å². The molecule has 3 N–H and O–H groups in total. The normalized spacial score (nSPS) is 18.3. The Bertz CT molecular complexity index is 527. The third-order valence-corrected chi connectivity index (χ3v) is 4.07. The van der Waals surface area contributed by atoms with E-state index in [1.54, 1.807) is 0 Å². The Morgan fingerprint density at radius 1 is 1.17 bits per heavy atom. The number of benzene rings is 1. The van der Waals surface area contributed by atoms with Crippen LogP contribution in [0.1, 0.15) is 37.3 Å². The number of nitrogens with one attached hydrogen (secondary N) is 1. The molecule has 94 valence electrons. The topological polar surface area (TPSA) is 50.9 Å². The van der Waals surface area contributed by atoms with E-state index in [4.69, 9.17) is 5.84 Å². The van der Waals surface area contributed by atoms with Crippen LogP contribution in [0.15, 0.2) is 36.5 Å². The Morgan fingerprint density at radius 3 is 2.78 bits per heavy atom. The van der Waals surface area contributed by atoms with Crippen LogP contribution in [0.25, 0.3) is 10.9 Å². The van der Waals surface area contributed by atoms with Crippen LogP contribution in [0, 0.1) is 5.92 Å². The molecular formula is C15H19N3. The number of aromatic nitrogens is 1. The summed E-state index contributed by atoms with van der Waals surface area (Å²) in [5.41, 5.74) is 5.36. The highest BCUT2D eigenvalue weighted by Gasteiger charge is 2.26. The predicted molar refractivity (Wildman–Crippen MR) is 73.8 cm³/mol. The van der Waals surface area contributed by atoms with Crippen molar-refractivity contribution in [2.45, 2.75) is 31.7 Å². The maximum atomic E-state index is 5.81. The second kappa shape index (κ2) is 5.04. The van der Waals surface area contributed by atoms with Crippen LogP contribution in [0.5, 0.6) is 0 Å². The van der Waals surface area contributed by atoms with Gasteiger partial charge in [0.05, 0.1) is 5.52 Å². The number of fused-ring (bicyclic) bond motifs is 1. The average Bonchev–Trinajstić information content (AvgIpc) is 2.94. The van der Waals surface area contributed by atoms with Crippen LogP contribution in [0.2, 0.25) is 0 Å². The number of hydrazine groups is 1. The van der Waals surface area contributed by atoms with Gasteiger partial charge in [0.25, 0.3) is 0 Å². The van der Waals surface area contributed by atoms with Crippen molar-refractivity contribution in [1.82, 2.24) is 10.4 Å². The molecule has 1 unspecified atom stereocenters. The summed E-state index contributed by atoms with van der Waals surface area (Å²) in [7, 11) is 0.